The van der Waals surface area contributed by atoms with Crippen LogP contribution in [0.4, 0.5) is 0 Å². The van der Waals surface area contributed by atoms with E-state index in [-0.39, 0.29) is 35.5 Å². The molecule has 35 heavy (non-hydrogen) atoms. The van der Waals surface area contributed by atoms with E-state index in [1.165, 1.54) is 28.3 Å². The van der Waals surface area contributed by atoms with Crippen LogP contribution in [0.5, 0.6) is 0 Å². The quantitative estimate of drug-likeness (QED) is 0.412. The fraction of sp³-hybridized carbons (Fsp3) is 0.231. The Morgan fingerprint density at radius 2 is 1.80 bits per heavy atom. The minimum Gasteiger partial charge on any atom is -0.408 e. The van der Waals surface area contributed by atoms with Crippen molar-refractivity contribution in [3.05, 3.63) is 100 Å². The maximum absolute atomic E-state index is 12.8. The van der Waals surface area contributed by atoms with Crippen molar-refractivity contribution < 1.29 is 17.6 Å². The Morgan fingerprint density at radius 1 is 1.03 bits per heavy atom. The van der Waals surface area contributed by atoms with Gasteiger partial charge in [0.2, 0.25) is 15.9 Å². The van der Waals surface area contributed by atoms with E-state index in [1.54, 1.807) is 0 Å². The molecular weight excluding hydrogens is 466 g/mol. The van der Waals surface area contributed by atoms with Crippen LogP contribution >= 0.6 is 0 Å². The van der Waals surface area contributed by atoms with Gasteiger partial charge in [-0.15, -0.1) is 0 Å². The second-order valence-electron chi connectivity index (χ2n) is 8.60. The number of amides is 1. The molecule has 1 aliphatic carbocycles. The fourth-order valence-electron chi connectivity index (χ4n) is 4.51. The van der Waals surface area contributed by atoms with E-state index < -0.39 is 15.8 Å². The number of aromatic nitrogens is 1. The third-order valence-corrected chi connectivity index (χ3v) is 7.66. The molecule has 1 amide bonds. The Balaban J connectivity index is 1.32. The minimum atomic E-state index is -3.82. The van der Waals surface area contributed by atoms with Crippen molar-refractivity contribution in [2.75, 3.05) is 0 Å². The number of carbonyl (C=O) groups is 1. The summed E-state index contributed by atoms with van der Waals surface area (Å²) in [7, 11) is -3.82. The summed E-state index contributed by atoms with van der Waals surface area (Å²) in [5, 5.41) is 3.03. The van der Waals surface area contributed by atoms with Gasteiger partial charge in [-0.25, -0.2) is 17.9 Å². The number of sulfonamides is 1. The van der Waals surface area contributed by atoms with Gasteiger partial charge in [0.05, 0.1) is 16.5 Å². The van der Waals surface area contributed by atoms with E-state index in [1.807, 2.05) is 48.5 Å². The van der Waals surface area contributed by atoms with Crippen molar-refractivity contribution in [3.8, 4) is 0 Å². The summed E-state index contributed by atoms with van der Waals surface area (Å²) in [6.07, 6.45) is 2.80. The number of hydrogen-bond donors (Lipinski definition) is 2. The van der Waals surface area contributed by atoms with Gasteiger partial charge in [-0.2, -0.15) is 0 Å². The van der Waals surface area contributed by atoms with Gasteiger partial charge in [0, 0.05) is 12.6 Å². The van der Waals surface area contributed by atoms with Crippen LogP contribution in [-0.2, 0) is 34.3 Å². The number of hydrogen-bond acceptors (Lipinski definition) is 5. The molecule has 0 aliphatic heterocycles. The normalized spacial score (nSPS) is 15.6. The van der Waals surface area contributed by atoms with Crippen molar-refractivity contribution in [2.24, 2.45) is 0 Å². The Bertz CT molecular complexity index is 1540. The number of aryl methyl sites for hydroxylation is 1. The second kappa shape index (κ2) is 9.52. The molecule has 1 heterocycles. The van der Waals surface area contributed by atoms with Gasteiger partial charge in [0.1, 0.15) is 6.54 Å². The van der Waals surface area contributed by atoms with E-state index in [2.05, 4.69) is 16.1 Å². The lowest BCUT2D eigenvalue weighted by Crippen LogP contribution is -2.35. The number of nitrogens with one attached hydrogen (secondary N) is 2. The third-order valence-electron chi connectivity index (χ3n) is 6.27. The second-order valence-corrected chi connectivity index (χ2v) is 10.4. The smallest absolute Gasteiger partial charge is 0.408 e. The largest absolute Gasteiger partial charge is 0.420 e. The lowest BCUT2D eigenvalue weighted by molar-refractivity contribution is -0.122. The van der Waals surface area contributed by atoms with E-state index in [9.17, 15) is 18.0 Å². The average Bonchev–Trinajstić information content (AvgIpc) is 3.17. The third kappa shape index (κ3) is 4.91. The Labute approximate surface area is 202 Å². The Morgan fingerprint density at radius 3 is 2.63 bits per heavy atom. The molecule has 0 bridgehead atoms. The summed E-state index contributed by atoms with van der Waals surface area (Å²) in [5.41, 5.74) is 3.62. The summed E-state index contributed by atoms with van der Waals surface area (Å²) in [4.78, 5) is 25.3. The summed E-state index contributed by atoms with van der Waals surface area (Å²) < 4.78 is 34.5. The zero-order valence-corrected chi connectivity index (χ0v) is 19.8. The van der Waals surface area contributed by atoms with E-state index in [0.29, 0.717) is 5.52 Å². The molecule has 180 valence electrons. The van der Waals surface area contributed by atoms with Crippen molar-refractivity contribution >= 4 is 27.0 Å². The molecule has 1 aliphatic rings. The highest BCUT2D eigenvalue weighted by atomic mass is 32.2. The number of rotatable bonds is 7. The predicted octanol–water partition coefficient (Wildman–Crippen LogP) is 3.27. The summed E-state index contributed by atoms with van der Waals surface area (Å²) in [5.74, 6) is -1.02. The van der Waals surface area contributed by atoms with Gasteiger partial charge < -0.3 is 9.73 Å². The maximum Gasteiger partial charge on any atom is 0.420 e. The molecule has 0 unspecified atom stereocenters. The minimum absolute atomic E-state index is 0.0231. The van der Waals surface area contributed by atoms with Crippen LogP contribution in [0.1, 0.15) is 35.6 Å². The molecule has 0 spiro atoms. The van der Waals surface area contributed by atoms with Crippen molar-refractivity contribution in [2.45, 2.75) is 43.3 Å². The van der Waals surface area contributed by atoms with Gasteiger partial charge in [0.15, 0.2) is 5.58 Å². The first-order valence-corrected chi connectivity index (χ1v) is 12.9. The first-order valence-electron chi connectivity index (χ1n) is 11.4. The molecule has 9 heteroatoms. The fourth-order valence-corrected chi connectivity index (χ4v) is 5.54. The van der Waals surface area contributed by atoms with Crippen LogP contribution in [0.2, 0.25) is 0 Å². The van der Waals surface area contributed by atoms with Crippen molar-refractivity contribution in [3.63, 3.8) is 0 Å². The molecule has 3 aromatic carbocycles. The predicted molar refractivity (Wildman–Crippen MR) is 131 cm³/mol. The van der Waals surface area contributed by atoms with Gasteiger partial charge in [-0.05, 0) is 48.1 Å². The van der Waals surface area contributed by atoms with E-state index >= 15 is 0 Å². The van der Waals surface area contributed by atoms with Gasteiger partial charge in [0.25, 0.3) is 0 Å². The van der Waals surface area contributed by atoms with Crippen LogP contribution < -0.4 is 15.8 Å². The molecule has 5 rings (SSSR count). The standard InChI is InChI=1S/C26H25N3O5S/c30-25(28-22-12-6-10-19-9-4-5-11-21(19)22)17-29-23-14-13-20(15-24(23)34-26(29)31)35(32,33)27-16-18-7-2-1-3-8-18/h1-5,7-9,11,13-15,22,27H,6,10,12,16-17H2,(H,28,30)/t22-/m1/s1. The molecule has 4 aromatic rings. The highest BCUT2D eigenvalue weighted by molar-refractivity contribution is 7.89. The first-order chi connectivity index (χ1) is 16.9. The number of oxazole rings is 1. The maximum atomic E-state index is 12.8. The van der Waals surface area contributed by atoms with E-state index in [0.717, 1.165) is 30.4 Å². The van der Waals surface area contributed by atoms with E-state index in [4.69, 9.17) is 4.42 Å². The Hall–Kier alpha value is -3.69. The topological polar surface area (TPSA) is 110 Å². The highest BCUT2D eigenvalue weighted by Crippen LogP contribution is 2.29. The molecule has 0 radical (unpaired) electrons. The summed E-state index contributed by atoms with van der Waals surface area (Å²) in [6.45, 7) is -0.0838. The summed E-state index contributed by atoms with van der Waals surface area (Å²) in [6, 6.07) is 21.3. The molecule has 2 N–H and O–H groups in total. The zero-order valence-electron chi connectivity index (χ0n) is 18.9. The molecule has 0 fully saturated rings. The monoisotopic (exact) mass is 491 g/mol. The highest BCUT2D eigenvalue weighted by Gasteiger charge is 2.23. The lowest BCUT2D eigenvalue weighted by atomic mass is 9.88. The van der Waals surface area contributed by atoms with Crippen LogP contribution in [-0.4, -0.2) is 18.9 Å². The molecular formula is C26H25N3O5S. The number of carbonyl (C=O) groups excluding carboxylic acids is 1. The lowest BCUT2D eigenvalue weighted by Gasteiger charge is -2.26. The summed E-state index contributed by atoms with van der Waals surface area (Å²) >= 11 is 0. The molecule has 1 aromatic heterocycles. The van der Waals surface area contributed by atoms with Gasteiger partial charge in [-0.1, -0.05) is 54.6 Å². The first kappa shape index (κ1) is 23.1. The number of benzene rings is 3. The van der Waals surface area contributed by atoms with Crippen LogP contribution in [0.3, 0.4) is 0 Å². The molecule has 0 saturated carbocycles. The average molecular weight is 492 g/mol. The van der Waals surface area contributed by atoms with Gasteiger partial charge >= 0.3 is 5.76 Å². The SMILES string of the molecule is O=C(Cn1c(=O)oc2cc(S(=O)(=O)NCc3ccccc3)ccc21)N[C@@H]1CCCc2ccccc21. The molecule has 0 saturated heterocycles. The Kier molecular flexibility index (Phi) is 6.27. The molecule has 1 atom stereocenters. The van der Waals surface area contributed by atoms with Gasteiger partial charge in [-0.3, -0.25) is 9.36 Å². The number of nitrogens with zero attached hydrogens (tertiary/aromatic N) is 1. The number of fused-ring (bicyclic) bond motifs is 2. The van der Waals surface area contributed by atoms with Crippen LogP contribution in [0, 0.1) is 0 Å². The van der Waals surface area contributed by atoms with Crippen molar-refractivity contribution in [1.29, 1.82) is 0 Å². The van der Waals surface area contributed by atoms with Crippen LogP contribution in [0.25, 0.3) is 11.1 Å². The zero-order chi connectivity index (χ0) is 24.4. The van der Waals surface area contributed by atoms with Crippen LogP contribution in [0.15, 0.2) is 86.9 Å². The molecule has 8 nitrogen and oxygen atoms in total. The van der Waals surface area contributed by atoms with Crippen molar-refractivity contribution in [1.82, 2.24) is 14.6 Å².